The van der Waals surface area contributed by atoms with E-state index >= 15 is 0 Å². The summed E-state index contributed by atoms with van der Waals surface area (Å²) in [5.41, 5.74) is -4.10. The van der Waals surface area contributed by atoms with Crippen molar-refractivity contribution in [3.05, 3.63) is 57.2 Å². The summed E-state index contributed by atoms with van der Waals surface area (Å²) in [5, 5.41) is 2.31. The zero-order valence-corrected chi connectivity index (χ0v) is 18.1. The van der Waals surface area contributed by atoms with E-state index in [9.17, 15) is 31.1 Å². The molecule has 0 spiro atoms. The topological polar surface area (TPSA) is 45.2 Å². The van der Waals surface area contributed by atoms with Crippen LogP contribution in [0.5, 0.6) is 0 Å². The molecule has 0 saturated carbocycles. The van der Waals surface area contributed by atoms with Crippen molar-refractivity contribution in [2.75, 3.05) is 18.0 Å². The Labute approximate surface area is 189 Å². The van der Waals surface area contributed by atoms with Crippen molar-refractivity contribution in [2.24, 2.45) is 0 Å². The molecule has 1 N–H and O–H groups in total. The van der Waals surface area contributed by atoms with E-state index in [0.29, 0.717) is 0 Å². The third kappa shape index (κ3) is 4.91. The molecule has 1 fully saturated rings. The van der Waals surface area contributed by atoms with Crippen LogP contribution in [0.4, 0.5) is 32.2 Å². The third-order valence-electron chi connectivity index (χ3n) is 5.31. The molecule has 174 valence electrons. The highest BCUT2D eigenvalue weighted by Gasteiger charge is 2.59. The second kappa shape index (κ2) is 8.62. The number of hydrogen-bond acceptors (Lipinski definition) is 3. The highest BCUT2D eigenvalue weighted by atomic mass is 35.5. The van der Waals surface area contributed by atoms with Gasteiger partial charge in [-0.05, 0) is 36.2 Å². The lowest BCUT2D eigenvalue weighted by Gasteiger charge is -2.33. The first kappa shape index (κ1) is 24.4. The zero-order valence-electron chi connectivity index (χ0n) is 16.5. The van der Waals surface area contributed by atoms with Crippen LogP contribution in [-0.4, -0.2) is 30.2 Å². The third-order valence-corrected chi connectivity index (χ3v) is 5.75. The van der Waals surface area contributed by atoms with Crippen LogP contribution in [0.1, 0.15) is 30.2 Å². The van der Waals surface area contributed by atoms with Gasteiger partial charge in [0.05, 0.1) is 0 Å². The van der Waals surface area contributed by atoms with Gasteiger partial charge < -0.3 is 10.2 Å². The van der Waals surface area contributed by atoms with Gasteiger partial charge in [0.25, 0.3) is 0 Å². The number of amides is 1. The summed E-state index contributed by atoms with van der Waals surface area (Å²) in [7, 11) is 0. The van der Waals surface area contributed by atoms with Gasteiger partial charge in [0.15, 0.2) is 5.69 Å². The van der Waals surface area contributed by atoms with Crippen LogP contribution in [0, 0.1) is 0 Å². The normalized spacial score (nSPS) is 19.3. The number of nitrogens with zero attached hydrogens (tertiary/aromatic N) is 2. The lowest BCUT2D eigenvalue weighted by Crippen LogP contribution is -2.45. The molecule has 2 aromatic rings. The van der Waals surface area contributed by atoms with Gasteiger partial charge in [-0.2, -0.15) is 26.3 Å². The molecule has 32 heavy (non-hydrogen) atoms. The fourth-order valence-electron chi connectivity index (χ4n) is 3.73. The number of pyridine rings is 1. The van der Waals surface area contributed by atoms with Crippen molar-refractivity contribution in [1.82, 2.24) is 10.3 Å². The Morgan fingerprint density at radius 1 is 1.12 bits per heavy atom. The second-order valence-electron chi connectivity index (χ2n) is 7.49. The number of halogens is 8. The molecule has 2 heterocycles. The Kier molecular flexibility index (Phi) is 6.59. The van der Waals surface area contributed by atoms with Crippen molar-refractivity contribution < 1.29 is 31.1 Å². The van der Waals surface area contributed by atoms with E-state index in [0.717, 1.165) is 30.0 Å². The smallest absolute Gasteiger partial charge is 0.355 e. The number of nitrogens with one attached hydrogen (secondary N) is 1. The maximum absolute atomic E-state index is 14.2. The molecule has 0 bridgehead atoms. The molecular weight excluding hydrogens is 483 g/mol. The van der Waals surface area contributed by atoms with E-state index in [1.165, 1.54) is 12.1 Å². The molecule has 12 heteroatoms. The van der Waals surface area contributed by atoms with Gasteiger partial charge in [-0.15, -0.1) is 0 Å². The first-order chi connectivity index (χ1) is 14.7. The van der Waals surface area contributed by atoms with E-state index in [-0.39, 0.29) is 33.5 Å². The molecule has 4 nitrogen and oxygen atoms in total. The summed E-state index contributed by atoms with van der Waals surface area (Å²) >= 11 is 11.8. The van der Waals surface area contributed by atoms with Gasteiger partial charge in [0, 0.05) is 42.2 Å². The van der Waals surface area contributed by atoms with Gasteiger partial charge in [-0.25, -0.2) is 4.98 Å². The summed E-state index contributed by atoms with van der Waals surface area (Å²) in [6, 6.07) is 5.94. The summed E-state index contributed by atoms with van der Waals surface area (Å²) in [6.07, 6.45) is -9.98. The summed E-state index contributed by atoms with van der Waals surface area (Å²) in [4.78, 5) is 15.8. The lowest BCUT2D eigenvalue weighted by atomic mass is 9.79. The van der Waals surface area contributed by atoms with Crippen LogP contribution in [-0.2, 0) is 22.9 Å². The van der Waals surface area contributed by atoms with Gasteiger partial charge in [0.1, 0.15) is 11.2 Å². The summed E-state index contributed by atoms with van der Waals surface area (Å²) in [5.74, 6) is -0.778. The van der Waals surface area contributed by atoms with E-state index in [2.05, 4.69) is 10.3 Å². The highest BCUT2D eigenvalue weighted by Crippen LogP contribution is 2.49. The number of alkyl halides is 6. The quantitative estimate of drug-likeness (QED) is 0.544. The van der Waals surface area contributed by atoms with Crippen LogP contribution >= 0.6 is 23.2 Å². The second-order valence-corrected chi connectivity index (χ2v) is 8.37. The number of rotatable bonds is 4. The van der Waals surface area contributed by atoms with Crippen molar-refractivity contribution in [1.29, 1.82) is 0 Å². The van der Waals surface area contributed by atoms with Crippen molar-refractivity contribution >= 4 is 34.9 Å². The predicted molar refractivity (Wildman–Crippen MR) is 108 cm³/mol. The number of hydrogen-bond donors (Lipinski definition) is 1. The minimum atomic E-state index is -4.86. The minimum absolute atomic E-state index is 0.0226. The number of anilines is 1. The summed E-state index contributed by atoms with van der Waals surface area (Å²) < 4.78 is 83.2. The number of aromatic nitrogens is 1. The molecule has 1 aliphatic heterocycles. The van der Waals surface area contributed by atoms with Crippen LogP contribution in [0.2, 0.25) is 10.0 Å². The van der Waals surface area contributed by atoms with E-state index < -0.39 is 48.9 Å². The fourth-order valence-corrected chi connectivity index (χ4v) is 4.25. The Bertz CT molecular complexity index is 1010. The van der Waals surface area contributed by atoms with Crippen molar-refractivity contribution in [3.8, 4) is 0 Å². The minimum Gasteiger partial charge on any atom is -0.355 e. The Morgan fingerprint density at radius 3 is 2.28 bits per heavy atom. The highest BCUT2D eigenvalue weighted by molar-refractivity contribution is 6.34. The zero-order chi connectivity index (χ0) is 23.9. The maximum Gasteiger partial charge on any atom is 0.433 e. The predicted octanol–water partition coefficient (Wildman–Crippen LogP) is 5.75. The molecule has 0 aliphatic carbocycles. The number of carbonyl (C=O) groups is 1. The Hall–Kier alpha value is -2.20. The number of benzene rings is 1. The molecule has 0 radical (unpaired) electrons. The monoisotopic (exact) mass is 499 g/mol. The molecule has 1 aromatic heterocycles. The number of carbonyl (C=O) groups excluding carboxylic acids is 1. The molecule has 1 aliphatic rings. The van der Waals surface area contributed by atoms with Gasteiger partial charge in [0.2, 0.25) is 5.91 Å². The van der Waals surface area contributed by atoms with Crippen LogP contribution in [0.25, 0.3) is 0 Å². The molecule has 1 unspecified atom stereocenters. The van der Waals surface area contributed by atoms with Crippen LogP contribution < -0.4 is 10.2 Å². The summed E-state index contributed by atoms with van der Waals surface area (Å²) in [6.45, 7) is -0.0927. The van der Waals surface area contributed by atoms with Gasteiger partial charge >= 0.3 is 12.4 Å². The largest absolute Gasteiger partial charge is 0.433 e. The molecule has 1 amide bonds. The van der Waals surface area contributed by atoms with E-state index in [1.54, 1.807) is 0 Å². The van der Waals surface area contributed by atoms with Crippen molar-refractivity contribution in [3.63, 3.8) is 0 Å². The molecule has 1 saturated heterocycles. The first-order valence-electron chi connectivity index (χ1n) is 9.33. The standard InChI is InChI=1S/C20H17Cl2F6N3O/c1-11(32)29-9-12-2-3-16(30-17(12)19(23,24)25)31-5-4-18(10-31,20(26,27)28)13-6-14(21)8-15(22)7-13/h2-3,6-8H,4-5,9-10H2,1H3,(H,29,32). The molecular formula is C20H17Cl2F6N3O. The Morgan fingerprint density at radius 2 is 1.75 bits per heavy atom. The van der Waals surface area contributed by atoms with Crippen molar-refractivity contribution in [2.45, 2.75) is 37.7 Å². The SMILES string of the molecule is CC(=O)NCc1ccc(N2CCC(c3cc(Cl)cc(Cl)c3)(C(F)(F)F)C2)nc1C(F)(F)F. The van der Waals surface area contributed by atoms with Crippen LogP contribution in [0.15, 0.2) is 30.3 Å². The molecule has 3 rings (SSSR count). The Balaban J connectivity index is 2.00. The van der Waals surface area contributed by atoms with Gasteiger partial charge in [-0.1, -0.05) is 29.3 Å². The van der Waals surface area contributed by atoms with Gasteiger partial charge in [-0.3, -0.25) is 4.79 Å². The molecule has 1 aromatic carbocycles. The van der Waals surface area contributed by atoms with Crippen LogP contribution in [0.3, 0.4) is 0 Å². The fraction of sp³-hybridized carbons (Fsp3) is 0.400. The van der Waals surface area contributed by atoms with E-state index in [1.807, 2.05) is 0 Å². The first-order valence-corrected chi connectivity index (χ1v) is 10.1. The van der Waals surface area contributed by atoms with E-state index in [4.69, 9.17) is 23.2 Å². The molecule has 1 atom stereocenters. The maximum atomic E-state index is 14.2. The lowest BCUT2D eigenvalue weighted by molar-refractivity contribution is -0.184. The average molecular weight is 500 g/mol. The average Bonchev–Trinajstić information content (AvgIpc) is 3.11.